The van der Waals surface area contributed by atoms with Crippen molar-refractivity contribution in [3.05, 3.63) is 65.2 Å². The molecule has 1 fully saturated rings. The van der Waals surface area contributed by atoms with Crippen LogP contribution in [-0.4, -0.2) is 67.0 Å². The zero-order valence-electron chi connectivity index (χ0n) is 21.1. The molecule has 7 heteroatoms. The Labute approximate surface area is 207 Å². The molecule has 188 valence electrons. The highest BCUT2D eigenvalue weighted by molar-refractivity contribution is 6.46. The maximum absolute atomic E-state index is 13.2. The van der Waals surface area contributed by atoms with Crippen LogP contribution in [0.25, 0.3) is 5.76 Å². The van der Waals surface area contributed by atoms with Crippen LogP contribution >= 0.6 is 0 Å². The molecule has 2 aromatic rings. The number of aliphatic hydroxyl groups is 1. The summed E-state index contributed by atoms with van der Waals surface area (Å²) in [6.45, 7) is 6.27. The van der Waals surface area contributed by atoms with Crippen molar-refractivity contribution >= 4 is 17.4 Å². The molecule has 0 radical (unpaired) electrons. The molecule has 2 aromatic carbocycles. The summed E-state index contributed by atoms with van der Waals surface area (Å²) < 4.78 is 11.3. The fourth-order valence-electron chi connectivity index (χ4n) is 4.15. The first kappa shape index (κ1) is 26.3. The molecule has 1 N–H and O–H groups in total. The average molecular weight is 481 g/mol. The number of carbonyl (C=O) groups is 2. The molecule has 0 bridgehead atoms. The van der Waals surface area contributed by atoms with Crippen molar-refractivity contribution < 1.29 is 24.2 Å². The second kappa shape index (κ2) is 12.4. The molecule has 1 unspecified atom stereocenters. The molecule has 1 aliphatic rings. The summed E-state index contributed by atoms with van der Waals surface area (Å²) in [5.74, 6) is -0.159. The zero-order chi connectivity index (χ0) is 25.4. The van der Waals surface area contributed by atoms with E-state index in [4.69, 9.17) is 9.47 Å². The number of benzene rings is 2. The van der Waals surface area contributed by atoms with Crippen LogP contribution in [0.5, 0.6) is 11.5 Å². The molecule has 0 saturated carbocycles. The van der Waals surface area contributed by atoms with Crippen LogP contribution in [0.15, 0.2) is 54.1 Å². The number of unbranched alkanes of at least 4 members (excludes halogenated alkanes) is 1. The number of amides is 1. The van der Waals surface area contributed by atoms with Crippen molar-refractivity contribution in [1.82, 2.24) is 9.80 Å². The number of likely N-dealkylation sites (tertiary alicyclic amines) is 1. The number of carbonyl (C=O) groups excluding carboxylic acids is 2. The van der Waals surface area contributed by atoms with Gasteiger partial charge in [-0.05, 0) is 70.2 Å². The molecular formula is C28H36N2O5. The van der Waals surface area contributed by atoms with E-state index in [9.17, 15) is 14.7 Å². The van der Waals surface area contributed by atoms with E-state index in [2.05, 4.69) is 6.92 Å². The molecule has 1 atom stereocenters. The Balaban J connectivity index is 2.01. The lowest BCUT2D eigenvalue weighted by atomic mass is 9.95. The second-order valence-electron chi connectivity index (χ2n) is 8.88. The van der Waals surface area contributed by atoms with Crippen LogP contribution in [0.4, 0.5) is 0 Å². The van der Waals surface area contributed by atoms with Crippen LogP contribution < -0.4 is 9.47 Å². The lowest BCUT2D eigenvalue weighted by Crippen LogP contribution is -2.32. The summed E-state index contributed by atoms with van der Waals surface area (Å²) in [7, 11) is 3.93. The summed E-state index contributed by atoms with van der Waals surface area (Å²) in [6, 6.07) is 13.7. The predicted molar refractivity (Wildman–Crippen MR) is 137 cm³/mol. The van der Waals surface area contributed by atoms with E-state index < -0.39 is 17.7 Å². The van der Waals surface area contributed by atoms with Crippen molar-refractivity contribution in [1.29, 1.82) is 0 Å². The first-order chi connectivity index (χ1) is 16.9. The SMILES string of the molecule is CCCCOc1ccc(C2C(=C(O)c3cccc(OCC)c3)C(=O)C(=O)N2CCCN(C)C)cc1. The van der Waals surface area contributed by atoms with Crippen molar-refractivity contribution in [2.45, 2.75) is 39.2 Å². The predicted octanol–water partition coefficient (Wildman–Crippen LogP) is 4.64. The van der Waals surface area contributed by atoms with Crippen LogP contribution in [0, 0.1) is 0 Å². The number of aliphatic hydroxyl groups excluding tert-OH is 1. The van der Waals surface area contributed by atoms with Gasteiger partial charge in [-0.2, -0.15) is 0 Å². The van der Waals surface area contributed by atoms with Gasteiger partial charge in [0.1, 0.15) is 17.3 Å². The highest BCUT2D eigenvalue weighted by atomic mass is 16.5. The minimum absolute atomic E-state index is 0.0909. The van der Waals surface area contributed by atoms with Crippen LogP contribution in [0.3, 0.4) is 0 Å². The van der Waals surface area contributed by atoms with Gasteiger partial charge in [0.2, 0.25) is 0 Å². The number of hydrogen-bond acceptors (Lipinski definition) is 6. The summed E-state index contributed by atoms with van der Waals surface area (Å²) in [4.78, 5) is 29.9. The minimum atomic E-state index is -0.683. The van der Waals surface area contributed by atoms with Gasteiger partial charge in [-0.25, -0.2) is 0 Å². The number of hydrogen-bond donors (Lipinski definition) is 1. The van der Waals surface area contributed by atoms with E-state index in [1.54, 1.807) is 29.2 Å². The Hall–Kier alpha value is -3.32. The minimum Gasteiger partial charge on any atom is -0.507 e. The monoisotopic (exact) mass is 480 g/mol. The molecular weight excluding hydrogens is 444 g/mol. The third-order valence-electron chi connectivity index (χ3n) is 5.93. The normalized spacial score (nSPS) is 17.3. The number of ketones is 1. The maximum Gasteiger partial charge on any atom is 0.295 e. The lowest BCUT2D eigenvalue weighted by molar-refractivity contribution is -0.139. The van der Waals surface area contributed by atoms with Crippen molar-refractivity contribution in [2.75, 3.05) is 40.4 Å². The summed E-state index contributed by atoms with van der Waals surface area (Å²) in [6.07, 6.45) is 2.72. The quantitative estimate of drug-likeness (QED) is 0.206. The van der Waals surface area contributed by atoms with E-state index in [0.29, 0.717) is 37.5 Å². The maximum atomic E-state index is 13.2. The number of nitrogens with zero attached hydrogens (tertiary/aromatic N) is 2. The highest BCUT2D eigenvalue weighted by Crippen LogP contribution is 2.40. The largest absolute Gasteiger partial charge is 0.507 e. The van der Waals surface area contributed by atoms with Gasteiger partial charge in [-0.1, -0.05) is 37.6 Å². The Bertz CT molecular complexity index is 1050. The third-order valence-corrected chi connectivity index (χ3v) is 5.93. The first-order valence-electron chi connectivity index (χ1n) is 12.3. The van der Waals surface area contributed by atoms with Gasteiger partial charge in [-0.3, -0.25) is 9.59 Å². The molecule has 1 saturated heterocycles. The molecule has 3 rings (SSSR count). The van der Waals surface area contributed by atoms with Gasteiger partial charge >= 0.3 is 0 Å². The zero-order valence-corrected chi connectivity index (χ0v) is 21.1. The van der Waals surface area contributed by atoms with Crippen molar-refractivity contribution in [3.63, 3.8) is 0 Å². The molecule has 0 spiro atoms. The van der Waals surface area contributed by atoms with Gasteiger partial charge in [0.15, 0.2) is 0 Å². The highest BCUT2D eigenvalue weighted by Gasteiger charge is 2.45. The number of rotatable bonds is 12. The third kappa shape index (κ3) is 6.42. The summed E-state index contributed by atoms with van der Waals surface area (Å²) >= 11 is 0. The molecule has 35 heavy (non-hydrogen) atoms. The van der Waals surface area contributed by atoms with Gasteiger partial charge < -0.3 is 24.4 Å². The van der Waals surface area contributed by atoms with Gasteiger partial charge in [0.25, 0.3) is 11.7 Å². The van der Waals surface area contributed by atoms with E-state index in [1.165, 1.54) is 0 Å². The second-order valence-corrected chi connectivity index (χ2v) is 8.88. The van der Waals surface area contributed by atoms with E-state index in [1.807, 2.05) is 50.2 Å². The molecule has 1 amide bonds. The summed E-state index contributed by atoms with van der Waals surface area (Å²) in [5, 5.41) is 11.3. The van der Waals surface area contributed by atoms with Gasteiger partial charge in [-0.15, -0.1) is 0 Å². The van der Waals surface area contributed by atoms with Gasteiger partial charge in [0, 0.05) is 12.1 Å². The average Bonchev–Trinajstić information content (AvgIpc) is 3.09. The smallest absolute Gasteiger partial charge is 0.295 e. The Kier molecular flexibility index (Phi) is 9.32. The Morgan fingerprint density at radius 1 is 1.00 bits per heavy atom. The fourth-order valence-corrected chi connectivity index (χ4v) is 4.15. The Morgan fingerprint density at radius 3 is 2.40 bits per heavy atom. The Morgan fingerprint density at radius 2 is 1.74 bits per heavy atom. The van der Waals surface area contributed by atoms with Crippen molar-refractivity contribution in [2.24, 2.45) is 0 Å². The van der Waals surface area contributed by atoms with Crippen LogP contribution in [-0.2, 0) is 9.59 Å². The molecule has 0 aliphatic carbocycles. The fraction of sp³-hybridized carbons (Fsp3) is 0.429. The van der Waals surface area contributed by atoms with E-state index >= 15 is 0 Å². The molecule has 0 aromatic heterocycles. The lowest BCUT2D eigenvalue weighted by Gasteiger charge is -2.26. The first-order valence-corrected chi connectivity index (χ1v) is 12.3. The van der Waals surface area contributed by atoms with E-state index in [-0.39, 0.29) is 11.3 Å². The molecule has 1 heterocycles. The molecule has 1 aliphatic heterocycles. The van der Waals surface area contributed by atoms with Crippen LogP contribution in [0.1, 0.15) is 50.3 Å². The number of Topliss-reactive ketones (excluding diaryl/α,β-unsaturated/α-hetero) is 1. The van der Waals surface area contributed by atoms with Crippen LogP contribution in [0.2, 0.25) is 0 Å². The van der Waals surface area contributed by atoms with Gasteiger partial charge in [0.05, 0.1) is 24.8 Å². The summed E-state index contributed by atoms with van der Waals surface area (Å²) in [5.41, 5.74) is 1.28. The topological polar surface area (TPSA) is 79.3 Å². The number of ether oxygens (including phenoxy) is 2. The van der Waals surface area contributed by atoms with E-state index in [0.717, 1.165) is 30.7 Å². The standard InChI is InChI=1S/C28H36N2O5/c1-5-7-18-35-22-14-12-20(13-15-22)25-24(26(31)21-10-8-11-23(19-21)34-6-2)27(32)28(33)30(25)17-9-16-29(3)4/h8,10-15,19,25,31H,5-7,9,16-18H2,1-4H3. The van der Waals surface area contributed by atoms with Crippen molar-refractivity contribution in [3.8, 4) is 11.5 Å². The molecule has 7 nitrogen and oxygen atoms in total.